The Morgan fingerprint density at radius 3 is 2.45 bits per heavy atom. The maximum atomic E-state index is 13.5. The van der Waals surface area contributed by atoms with Gasteiger partial charge in [0, 0.05) is 11.0 Å². The van der Waals surface area contributed by atoms with E-state index in [1.54, 1.807) is 12.1 Å². The lowest BCUT2D eigenvalue weighted by molar-refractivity contribution is 0.544. The van der Waals surface area contributed by atoms with Gasteiger partial charge in [-0.25, -0.2) is 14.4 Å². The van der Waals surface area contributed by atoms with E-state index >= 15 is 0 Å². The van der Waals surface area contributed by atoms with Crippen LogP contribution in [0.1, 0.15) is 32.2 Å². The molecule has 0 saturated carbocycles. The molecule has 2 rings (SSSR count). The Morgan fingerprint density at radius 1 is 1.15 bits per heavy atom. The molecule has 3 nitrogen and oxygen atoms in total. The van der Waals surface area contributed by atoms with Crippen LogP contribution < -0.4 is 0 Å². The molecule has 0 aliphatic carbocycles. The average Bonchev–Trinajstić information content (AvgIpc) is 2.36. The van der Waals surface area contributed by atoms with E-state index < -0.39 is 5.82 Å². The standard InChI is InChI=1S/C15H13BrFN3/c1-15(2,3)14-19-12(7-13(16)20-14)10-4-9(8-18)5-11(17)6-10/h4-7H,1-3H3. The van der Waals surface area contributed by atoms with E-state index in [1.807, 2.05) is 26.8 Å². The van der Waals surface area contributed by atoms with Crippen LogP contribution in [-0.2, 0) is 5.41 Å². The molecule has 0 atom stereocenters. The monoisotopic (exact) mass is 333 g/mol. The van der Waals surface area contributed by atoms with E-state index in [2.05, 4.69) is 25.9 Å². The molecule has 0 N–H and O–H groups in total. The number of nitrogens with zero attached hydrogens (tertiary/aromatic N) is 3. The molecule has 0 unspecified atom stereocenters. The third-order valence-electron chi connectivity index (χ3n) is 2.69. The molecule has 20 heavy (non-hydrogen) atoms. The first-order valence-electron chi connectivity index (χ1n) is 6.06. The van der Waals surface area contributed by atoms with Crippen LogP contribution in [0.5, 0.6) is 0 Å². The molecule has 102 valence electrons. The number of rotatable bonds is 1. The van der Waals surface area contributed by atoms with Gasteiger partial charge in [-0.15, -0.1) is 0 Å². The molecule has 1 heterocycles. The van der Waals surface area contributed by atoms with E-state index in [1.165, 1.54) is 12.1 Å². The van der Waals surface area contributed by atoms with Gasteiger partial charge in [-0.2, -0.15) is 5.26 Å². The van der Waals surface area contributed by atoms with Crippen molar-refractivity contribution in [1.82, 2.24) is 9.97 Å². The van der Waals surface area contributed by atoms with Crippen molar-refractivity contribution in [2.24, 2.45) is 0 Å². The summed E-state index contributed by atoms with van der Waals surface area (Å²) in [5.74, 6) is 0.204. The Morgan fingerprint density at radius 2 is 1.85 bits per heavy atom. The molecule has 0 fully saturated rings. The van der Waals surface area contributed by atoms with Crippen molar-refractivity contribution in [2.75, 3.05) is 0 Å². The molecule has 0 radical (unpaired) electrons. The third kappa shape index (κ3) is 3.20. The Bertz CT molecular complexity index is 699. The van der Waals surface area contributed by atoms with Crippen molar-refractivity contribution in [3.63, 3.8) is 0 Å². The average molecular weight is 334 g/mol. The Hall–Kier alpha value is -1.80. The van der Waals surface area contributed by atoms with Crippen LogP contribution in [0, 0.1) is 17.1 Å². The van der Waals surface area contributed by atoms with Crippen LogP contribution in [-0.4, -0.2) is 9.97 Å². The van der Waals surface area contributed by atoms with E-state index in [9.17, 15) is 4.39 Å². The van der Waals surface area contributed by atoms with Gasteiger partial charge in [0.2, 0.25) is 0 Å². The lowest BCUT2D eigenvalue weighted by Gasteiger charge is -2.17. The Labute approximate surface area is 125 Å². The minimum absolute atomic E-state index is 0.218. The molecular formula is C15H13BrFN3. The van der Waals surface area contributed by atoms with Crippen LogP contribution in [0.4, 0.5) is 4.39 Å². The number of hydrogen-bond acceptors (Lipinski definition) is 3. The number of benzene rings is 1. The highest BCUT2D eigenvalue weighted by molar-refractivity contribution is 9.10. The van der Waals surface area contributed by atoms with E-state index in [0.29, 0.717) is 21.7 Å². The summed E-state index contributed by atoms with van der Waals surface area (Å²) in [6.45, 7) is 6.01. The summed E-state index contributed by atoms with van der Waals surface area (Å²) < 4.78 is 14.2. The number of halogens is 2. The van der Waals surface area contributed by atoms with Crippen LogP contribution >= 0.6 is 15.9 Å². The SMILES string of the molecule is CC(C)(C)c1nc(Br)cc(-c2cc(F)cc(C#N)c2)n1. The smallest absolute Gasteiger partial charge is 0.135 e. The lowest BCUT2D eigenvalue weighted by Crippen LogP contribution is -2.16. The molecule has 0 bridgehead atoms. The van der Waals surface area contributed by atoms with Gasteiger partial charge in [0.05, 0.1) is 17.3 Å². The minimum Gasteiger partial charge on any atom is -0.232 e. The predicted octanol–water partition coefficient (Wildman–Crippen LogP) is 4.21. The fraction of sp³-hybridized carbons (Fsp3) is 0.267. The van der Waals surface area contributed by atoms with Crippen molar-refractivity contribution in [3.05, 3.63) is 46.1 Å². The molecule has 0 amide bonds. The molecule has 2 aromatic rings. The van der Waals surface area contributed by atoms with E-state index in [-0.39, 0.29) is 11.0 Å². The molecule has 1 aromatic heterocycles. The Kier molecular flexibility index (Phi) is 3.87. The highest BCUT2D eigenvalue weighted by Crippen LogP contribution is 2.26. The van der Waals surface area contributed by atoms with Crippen molar-refractivity contribution < 1.29 is 4.39 Å². The third-order valence-corrected chi connectivity index (χ3v) is 3.09. The quantitative estimate of drug-likeness (QED) is 0.734. The van der Waals surface area contributed by atoms with Crippen molar-refractivity contribution >= 4 is 15.9 Å². The van der Waals surface area contributed by atoms with Crippen molar-refractivity contribution in [2.45, 2.75) is 26.2 Å². The first kappa shape index (κ1) is 14.6. The van der Waals surface area contributed by atoms with Gasteiger partial charge in [0.25, 0.3) is 0 Å². The zero-order valence-electron chi connectivity index (χ0n) is 11.4. The van der Waals surface area contributed by atoms with Gasteiger partial charge < -0.3 is 0 Å². The van der Waals surface area contributed by atoms with Crippen molar-refractivity contribution in [1.29, 1.82) is 5.26 Å². The molecule has 0 saturated heterocycles. The fourth-order valence-electron chi connectivity index (χ4n) is 1.70. The number of nitriles is 1. The van der Waals surface area contributed by atoms with E-state index in [0.717, 1.165) is 0 Å². The molecule has 5 heteroatoms. The van der Waals surface area contributed by atoms with Gasteiger partial charge in [0.15, 0.2) is 0 Å². The van der Waals surface area contributed by atoms with Gasteiger partial charge >= 0.3 is 0 Å². The highest BCUT2D eigenvalue weighted by Gasteiger charge is 2.19. The first-order valence-corrected chi connectivity index (χ1v) is 6.85. The van der Waals surface area contributed by atoms with Gasteiger partial charge in [-0.3, -0.25) is 0 Å². The zero-order valence-corrected chi connectivity index (χ0v) is 13.0. The largest absolute Gasteiger partial charge is 0.232 e. The maximum Gasteiger partial charge on any atom is 0.135 e. The van der Waals surface area contributed by atoms with Crippen LogP contribution in [0.2, 0.25) is 0 Å². The number of aromatic nitrogens is 2. The topological polar surface area (TPSA) is 49.6 Å². The second kappa shape index (κ2) is 5.29. The van der Waals surface area contributed by atoms with Crippen LogP contribution in [0.15, 0.2) is 28.9 Å². The second-order valence-corrected chi connectivity index (χ2v) is 6.30. The fourth-order valence-corrected chi connectivity index (χ4v) is 2.09. The normalized spacial score (nSPS) is 11.2. The molecule has 0 aliphatic rings. The summed E-state index contributed by atoms with van der Waals surface area (Å²) in [6.07, 6.45) is 0. The van der Waals surface area contributed by atoms with Gasteiger partial charge in [0.1, 0.15) is 16.2 Å². The summed E-state index contributed by atoms with van der Waals surface area (Å²) >= 11 is 3.35. The Balaban J connectivity index is 2.62. The second-order valence-electron chi connectivity index (χ2n) is 5.49. The lowest BCUT2D eigenvalue weighted by atomic mass is 9.95. The summed E-state index contributed by atoms with van der Waals surface area (Å²) in [4.78, 5) is 8.82. The van der Waals surface area contributed by atoms with E-state index in [4.69, 9.17) is 5.26 Å². The van der Waals surface area contributed by atoms with Crippen LogP contribution in [0.25, 0.3) is 11.3 Å². The summed E-state index contributed by atoms with van der Waals surface area (Å²) in [5.41, 5.74) is 1.21. The predicted molar refractivity (Wildman–Crippen MR) is 78.5 cm³/mol. The molecular weight excluding hydrogens is 321 g/mol. The summed E-state index contributed by atoms with van der Waals surface area (Å²) in [7, 11) is 0. The molecule has 0 spiro atoms. The molecule has 0 aliphatic heterocycles. The summed E-state index contributed by atoms with van der Waals surface area (Å²) in [5, 5.41) is 8.91. The van der Waals surface area contributed by atoms with Gasteiger partial charge in [-0.05, 0) is 40.2 Å². The number of hydrogen-bond donors (Lipinski definition) is 0. The highest BCUT2D eigenvalue weighted by atomic mass is 79.9. The van der Waals surface area contributed by atoms with Crippen molar-refractivity contribution in [3.8, 4) is 17.3 Å². The van der Waals surface area contributed by atoms with Gasteiger partial charge in [-0.1, -0.05) is 20.8 Å². The summed E-state index contributed by atoms with van der Waals surface area (Å²) in [6, 6.07) is 7.83. The van der Waals surface area contributed by atoms with Crippen LogP contribution in [0.3, 0.4) is 0 Å². The maximum absolute atomic E-state index is 13.5. The minimum atomic E-state index is -0.453. The molecule has 1 aromatic carbocycles. The zero-order chi connectivity index (χ0) is 14.9. The first-order chi connectivity index (χ1) is 9.29.